The lowest BCUT2D eigenvalue weighted by Gasteiger charge is -1.97. The lowest BCUT2D eigenvalue weighted by Crippen LogP contribution is -1.89. The maximum absolute atomic E-state index is 5.46. The molecule has 2 nitrogen and oxygen atoms in total. The number of nitrogens with two attached hydrogens (primary N) is 1. The van der Waals surface area contributed by atoms with Crippen LogP contribution in [0.2, 0.25) is 0 Å². The van der Waals surface area contributed by atoms with Crippen molar-refractivity contribution in [2.75, 3.05) is 18.1 Å². The fourth-order valence-corrected chi connectivity index (χ4v) is 0.635. The van der Waals surface area contributed by atoms with Gasteiger partial charge in [-0.15, -0.1) is 0 Å². The van der Waals surface area contributed by atoms with Gasteiger partial charge < -0.3 is 11.1 Å². The SMILES string of the molecule is CNc1c[c]cc(N)c1. The van der Waals surface area contributed by atoms with Crippen molar-refractivity contribution in [3.05, 3.63) is 24.3 Å². The first-order valence-corrected chi connectivity index (χ1v) is 2.77. The third kappa shape index (κ3) is 1.35. The largest absolute Gasteiger partial charge is 0.399 e. The van der Waals surface area contributed by atoms with Gasteiger partial charge in [-0.1, -0.05) is 0 Å². The van der Waals surface area contributed by atoms with Gasteiger partial charge in [0.2, 0.25) is 0 Å². The molecule has 1 aromatic carbocycles. The fourth-order valence-electron chi connectivity index (χ4n) is 0.635. The van der Waals surface area contributed by atoms with E-state index in [0.29, 0.717) is 0 Å². The van der Waals surface area contributed by atoms with E-state index in [1.165, 1.54) is 0 Å². The first-order chi connectivity index (χ1) is 4.33. The minimum Gasteiger partial charge on any atom is -0.399 e. The van der Waals surface area contributed by atoms with Crippen LogP contribution in [-0.2, 0) is 0 Å². The highest BCUT2D eigenvalue weighted by molar-refractivity contribution is 5.53. The molecule has 0 aromatic heterocycles. The van der Waals surface area contributed by atoms with E-state index >= 15 is 0 Å². The topological polar surface area (TPSA) is 38.0 Å². The summed E-state index contributed by atoms with van der Waals surface area (Å²) in [5, 5.41) is 2.96. The van der Waals surface area contributed by atoms with Crippen LogP contribution >= 0.6 is 0 Å². The van der Waals surface area contributed by atoms with Crippen molar-refractivity contribution in [3.63, 3.8) is 0 Å². The molecule has 0 atom stereocenters. The Morgan fingerprint density at radius 1 is 1.56 bits per heavy atom. The Balaban J connectivity index is 2.94. The van der Waals surface area contributed by atoms with Crippen molar-refractivity contribution in [2.24, 2.45) is 0 Å². The molecular weight excluding hydrogens is 112 g/mol. The second kappa shape index (κ2) is 2.40. The summed E-state index contributed by atoms with van der Waals surface area (Å²) < 4.78 is 0. The third-order valence-corrected chi connectivity index (χ3v) is 1.10. The van der Waals surface area contributed by atoms with Crippen molar-refractivity contribution in [3.8, 4) is 0 Å². The fraction of sp³-hybridized carbons (Fsp3) is 0.143. The Morgan fingerprint density at radius 3 is 2.78 bits per heavy atom. The zero-order valence-corrected chi connectivity index (χ0v) is 5.31. The zero-order valence-electron chi connectivity index (χ0n) is 5.31. The van der Waals surface area contributed by atoms with Gasteiger partial charge in [-0.25, -0.2) is 0 Å². The van der Waals surface area contributed by atoms with Crippen molar-refractivity contribution >= 4 is 11.4 Å². The average molecular weight is 121 g/mol. The van der Waals surface area contributed by atoms with Crippen molar-refractivity contribution in [1.82, 2.24) is 0 Å². The van der Waals surface area contributed by atoms with E-state index in [1.54, 1.807) is 6.07 Å². The Bertz CT molecular complexity index is 196. The summed E-state index contributed by atoms with van der Waals surface area (Å²) >= 11 is 0. The Hall–Kier alpha value is -1.18. The van der Waals surface area contributed by atoms with Crippen molar-refractivity contribution < 1.29 is 0 Å². The first kappa shape index (κ1) is 5.95. The molecule has 0 bridgehead atoms. The Kier molecular flexibility index (Phi) is 1.58. The van der Waals surface area contributed by atoms with Gasteiger partial charge in [-0.3, -0.25) is 0 Å². The van der Waals surface area contributed by atoms with Crippen LogP contribution < -0.4 is 11.1 Å². The summed E-state index contributed by atoms with van der Waals surface area (Å²) in [4.78, 5) is 0. The number of rotatable bonds is 1. The smallest absolute Gasteiger partial charge is 0.0364 e. The van der Waals surface area contributed by atoms with Crippen LogP contribution in [0, 0.1) is 6.07 Å². The van der Waals surface area contributed by atoms with Gasteiger partial charge in [0.15, 0.2) is 0 Å². The molecule has 0 spiro atoms. The molecule has 0 aliphatic heterocycles. The maximum atomic E-state index is 5.46. The average Bonchev–Trinajstić information content (AvgIpc) is 1.88. The molecule has 0 heterocycles. The van der Waals surface area contributed by atoms with Crippen molar-refractivity contribution in [2.45, 2.75) is 0 Å². The zero-order chi connectivity index (χ0) is 6.69. The predicted molar refractivity (Wildman–Crippen MR) is 39.2 cm³/mol. The Morgan fingerprint density at radius 2 is 2.33 bits per heavy atom. The molecule has 0 fully saturated rings. The molecule has 9 heavy (non-hydrogen) atoms. The number of hydrogen-bond donors (Lipinski definition) is 2. The molecule has 1 aromatic rings. The normalized spacial score (nSPS) is 9.00. The highest BCUT2D eigenvalue weighted by atomic mass is 14.8. The molecule has 0 saturated carbocycles. The molecule has 1 radical (unpaired) electrons. The third-order valence-electron chi connectivity index (χ3n) is 1.10. The standard InChI is InChI=1S/C7H9N2/c1-9-7-4-2-3-6(8)5-7/h3-5,9H,8H2,1H3. The van der Waals surface area contributed by atoms with Crippen LogP contribution in [-0.4, -0.2) is 7.05 Å². The molecule has 0 unspecified atom stereocenters. The lowest BCUT2D eigenvalue weighted by molar-refractivity contribution is 1.51. The minimum atomic E-state index is 0.738. The lowest BCUT2D eigenvalue weighted by atomic mass is 10.3. The Labute approximate surface area is 54.7 Å². The number of benzene rings is 1. The number of anilines is 2. The second-order valence-corrected chi connectivity index (χ2v) is 1.81. The van der Waals surface area contributed by atoms with Gasteiger partial charge in [-0.05, 0) is 24.3 Å². The van der Waals surface area contributed by atoms with E-state index < -0.39 is 0 Å². The van der Waals surface area contributed by atoms with Crippen molar-refractivity contribution in [1.29, 1.82) is 0 Å². The van der Waals surface area contributed by atoms with E-state index in [1.807, 2.05) is 19.2 Å². The number of hydrogen-bond acceptors (Lipinski definition) is 2. The van der Waals surface area contributed by atoms with Crippen LogP contribution in [0.25, 0.3) is 0 Å². The molecule has 47 valence electrons. The van der Waals surface area contributed by atoms with Gasteiger partial charge in [-0.2, -0.15) is 0 Å². The predicted octanol–water partition coefficient (Wildman–Crippen LogP) is 1.11. The van der Waals surface area contributed by atoms with E-state index in [2.05, 4.69) is 11.4 Å². The first-order valence-electron chi connectivity index (χ1n) is 2.77. The molecule has 3 N–H and O–H groups in total. The summed E-state index contributed by atoms with van der Waals surface area (Å²) in [6, 6.07) is 8.33. The molecule has 2 heteroatoms. The van der Waals surface area contributed by atoms with E-state index in [-0.39, 0.29) is 0 Å². The van der Waals surface area contributed by atoms with Crippen LogP contribution in [0.5, 0.6) is 0 Å². The van der Waals surface area contributed by atoms with Gasteiger partial charge in [0.05, 0.1) is 0 Å². The highest BCUT2D eigenvalue weighted by Crippen LogP contribution is 2.09. The highest BCUT2D eigenvalue weighted by Gasteiger charge is 1.85. The van der Waals surface area contributed by atoms with E-state index in [0.717, 1.165) is 11.4 Å². The van der Waals surface area contributed by atoms with Gasteiger partial charge in [0.25, 0.3) is 0 Å². The molecule has 0 amide bonds. The van der Waals surface area contributed by atoms with Crippen LogP contribution in [0.15, 0.2) is 18.2 Å². The van der Waals surface area contributed by atoms with E-state index in [4.69, 9.17) is 5.73 Å². The van der Waals surface area contributed by atoms with Gasteiger partial charge in [0, 0.05) is 18.4 Å². The number of nitrogen functional groups attached to an aromatic ring is 1. The summed E-state index contributed by atoms with van der Waals surface area (Å²) in [6.45, 7) is 0. The van der Waals surface area contributed by atoms with Gasteiger partial charge >= 0.3 is 0 Å². The molecular formula is C7H9N2. The molecule has 0 aliphatic rings. The van der Waals surface area contributed by atoms with Crippen LogP contribution in [0.4, 0.5) is 11.4 Å². The summed E-state index contributed by atoms with van der Waals surface area (Å²) in [5.74, 6) is 0. The molecule has 1 rings (SSSR count). The molecule has 0 saturated heterocycles. The maximum Gasteiger partial charge on any atom is 0.0364 e. The summed E-state index contributed by atoms with van der Waals surface area (Å²) in [5.41, 5.74) is 7.20. The quantitative estimate of drug-likeness (QED) is 0.546. The molecule has 0 aliphatic carbocycles. The number of nitrogens with one attached hydrogen (secondary N) is 1. The van der Waals surface area contributed by atoms with Gasteiger partial charge in [0.1, 0.15) is 0 Å². The monoisotopic (exact) mass is 121 g/mol. The van der Waals surface area contributed by atoms with Crippen LogP contribution in [0.1, 0.15) is 0 Å². The summed E-state index contributed by atoms with van der Waals surface area (Å²) in [6.07, 6.45) is 0. The van der Waals surface area contributed by atoms with E-state index in [9.17, 15) is 0 Å². The second-order valence-electron chi connectivity index (χ2n) is 1.81. The van der Waals surface area contributed by atoms with Crippen LogP contribution in [0.3, 0.4) is 0 Å². The summed E-state index contributed by atoms with van der Waals surface area (Å²) in [7, 11) is 1.85. The minimum absolute atomic E-state index is 0.738.